The highest BCUT2D eigenvalue weighted by atomic mass is 19.4. The normalized spacial score (nSPS) is 20.5. The molecule has 1 amide bonds. The molecule has 0 radical (unpaired) electrons. The fraction of sp³-hybridized carbons (Fsp3) is 0.900. The first-order valence-corrected chi connectivity index (χ1v) is 5.54. The topological polar surface area (TPSA) is 47.6 Å². The predicted octanol–water partition coefficient (Wildman–Crippen LogP) is 1.25. The second kappa shape index (κ2) is 6.80. The first-order chi connectivity index (χ1) is 8.00. The summed E-state index contributed by atoms with van der Waals surface area (Å²) in [5.74, 6) is -1.91. The maximum atomic E-state index is 11.8. The summed E-state index contributed by atoms with van der Waals surface area (Å²) in [6.07, 6.45) is -2.35. The van der Waals surface area contributed by atoms with E-state index in [1.165, 1.54) is 0 Å². The second-order valence-electron chi connectivity index (χ2n) is 3.82. The third-order valence-electron chi connectivity index (χ3n) is 2.34. The van der Waals surface area contributed by atoms with Crippen LogP contribution in [0.15, 0.2) is 0 Å². The number of alkyl halides is 3. The number of ether oxygens (including phenoxy) is 2. The number of halogens is 3. The van der Waals surface area contributed by atoms with Gasteiger partial charge in [0.05, 0.1) is 12.7 Å². The second-order valence-corrected chi connectivity index (χ2v) is 3.82. The Morgan fingerprint density at radius 3 is 2.82 bits per heavy atom. The van der Waals surface area contributed by atoms with Crippen LogP contribution in [-0.4, -0.2) is 44.6 Å². The molecule has 17 heavy (non-hydrogen) atoms. The molecule has 1 fully saturated rings. The summed E-state index contributed by atoms with van der Waals surface area (Å²) in [6.45, 7) is 1.49. The quantitative estimate of drug-likeness (QED) is 0.727. The standard InChI is InChI=1S/C10H16F3NO3/c11-10(12,13)9(15)14-4-2-5-16-7-8-3-1-6-17-8/h8H,1-7H2,(H,14,15). The fourth-order valence-corrected chi connectivity index (χ4v) is 1.47. The Morgan fingerprint density at radius 1 is 1.47 bits per heavy atom. The molecule has 0 saturated carbocycles. The molecule has 0 spiro atoms. The lowest BCUT2D eigenvalue weighted by Crippen LogP contribution is -2.37. The molecule has 0 aliphatic carbocycles. The minimum atomic E-state index is -4.81. The Morgan fingerprint density at radius 2 is 2.24 bits per heavy atom. The SMILES string of the molecule is O=C(NCCCOCC1CCCO1)C(F)(F)F. The van der Waals surface area contributed by atoms with Gasteiger partial charge in [0, 0.05) is 19.8 Å². The molecular weight excluding hydrogens is 239 g/mol. The minimum absolute atomic E-state index is 0.0378. The summed E-state index contributed by atoms with van der Waals surface area (Å²) in [6, 6.07) is 0. The predicted molar refractivity (Wildman–Crippen MR) is 53.5 cm³/mol. The van der Waals surface area contributed by atoms with E-state index >= 15 is 0 Å². The molecule has 1 aliphatic heterocycles. The van der Waals surface area contributed by atoms with Crippen molar-refractivity contribution in [3.63, 3.8) is 0 Å². The van der Waals surface area contributed by atoms with Gasteiger partial charge < -0.3 is 14.8 Å². The molecule has 0 bridgehead atoms. The number of hydrogen-bond donors (Lipinski definition) is 1. The van der Waals surface area contributed by atoms with Crippen LogP contribution in [0.1, 0.15) is 19.3 Å². The highest BCUT2D eigenvalue weighted by Gasteiger charge is 2.38. The van der Waals surface area contributed by atoms with Crippen LogP contribution < -0.4 is 5.32 Å². The van der Waals surface area contributed by atoms with Crippen molar-refractivity contribution in [2.75, 3.05) is 26.4 Å². The molecule has 1 saturated heterocycles. The molecule has 1 atom stereocenters. The average molecular weight is 255 g/mol. The Bertz CT molecular complexity index is 239. The summed E-state index contributed by atoms with van der Waals surface area (Å²) in [7, 11) is 0. The summed E-state index contributed by atoms with van der Waals surface area (Å²) in [5, 5.41) is 1.78. The molecule has 100 valence electrons. The number of rotatable bonds is 6. The number of carbonyl (C=O) groups excluding carboxylic acids is 1. The third kappa shape index (κ3) is 5.88. The van der Waals surface area contributed by atoms with Gasteiger partial charge >= 0.3 is 12.1 Å². The summed E-state index contributed by atoms with van der Waals surface area (Å²) in [4.78, 5) is 10.4. The first kappa shape index (κ1) is 14.2. The summed E-state index contributed by atoms with van der Waals surface area (Å²) < 4.78 is 45.8. The summed E-state index contributed by atoms with van der Waals surface area (Å²) >= 11 is 0. The van der Waals surface area contributed by atoms with E-state index in [4.69, 9.17) is 9.47 Å². The van der Waals surface area contributed by atoms with E-state index < -0.39 is 12.1 Å². The number of carbonyl (C=O) groups is 1. The minimum Gasteiger partial charge on any atom is -0.379 e. The van der Waals surface area contributed by atoms with Crippen molar-refractivity contribution < 1.29 is 27.4 Å². The van der Waals surface area contributed by atoms with Gasteiger partial charge in [0.25, 0.3) is 0 Å². The lowest BCUT2D eigenvalue weighted by molar-refractivity contribution is -0.173. The zero-order valence-electron chi connectivity index (χ0n) is 9.39. The van der Waals surface area contributed by atoms with Crippen molar-refractivity contribution >= 4 is 5.91 Å². The van der Waals surface area contributed by atoms with Crippen LogP contribution in [0.4, 0.5) is 13.2 Å². The van der Waals surface area contributed by atoms with E-state index in [1.807, 2.05) is 0 Å². The van der Waals surface area contributed by atoms with E-state index in [-0.39, 0.29) is 12.6 Å². The van der Waals surface area contributed by atoms with Gasteiger partial charge in [0.15, 0.2) is 0 Å². The van der Waals surface area contributed by atoms with Crippen LogP contribution in [0.2, 0.25) is 0 Å². The van der Waals surface area contributed by atoms with E-state index in [0.717, 1.165) is 19.4 Å². The highest BCUT2D eigenvalue weighted by Crippen LogP contribution is 2.14. The highest BCUT2D eigenvalue weighted by molar-refractivity contribution is 5.81. The third-order valence-corrected chi connectivity index (χ3v) is 2.34. The van der Waals surface area contributed by atoms with Gasteiger partial charge in [-0.25, -0.2) is 0 Å². The molecule has 1 unspecified atom stereocenters. The zero-order chi connectivity index (χ0) is 12.7. The maximum absolute atomic E-state index is 11.8. The molecule has 1 aliphatic rings. The molecule has 0 aromatic carbocycles. The van der Waals surface area contributed by atoms with E-state index in [9.17, 15) is 18.0 Å². The molecule has 1 rings (SSSR count). The van der Waals surface area contributed by atoms with Gasteiger partial charge in [-0.05, 0) is 19.3 Å². The van der Waals surface area contributed by atoms with Crippen LogP contribution in [0.25, 0.3) is 0 Å². The van der Waals surface area contributed by atoms with E-state index in [2.05, 4.69) is 0 Å². The number of amides is 1. The largest absolute Gasteiger partial charge is 0.471 e. The molecule has 0 aromatic heterocycles. The molecule has 7 heteroatoms. The zero-order valence-corrected chi connectivity index (χ0v) is 9.39. The first-order valence-electron chi connectivity index (χ1n) is 5.54. The van der Waals surface area contributed by atoms with Gasteiger partial charge in [0.1, 0.15) is 0 Å². The van der Waals surface area contributed by atoms with Gasteiger partial charge in [-0.3, -0.25) is 4.79 Å². The smallest absolute Gasteiger partial charge is 0.379 e. The van der Waals surface area contributed by atoms with Crippen molar-refractivity contribution in [1.29, 1.82) is 0 Å². The van der Waals surface area contributed by atoms with Crippen molar-refractivity contribution in [3.05, 3.63) is 0 Å². The monoisotopic (exact) mass is 255 g/mol. The average Bonchev–Trinajstić information content (AvgIpc) is 2.74. The van der Waals surface area contributed by atoms with Crippen molar-refractivity contribution in [1.82, 2.24) is 5.32 Å². The van der Waals surface area contributed by atoms with Gasteiger partial charge in [-0.2, -0.15) is 13.2 Å². The van der Waals surface area contributed by atoms with Crippen molar-refractivity contribution in [2.24, 2.45) is 0 Å². The maximum Gasteiger partial charge on any atom is 0.471 e. The number of nitrogens with one attached hydrogen (secondary N) is 1. The molecular formula is C10H16F3NO3. The van der Waals surface area contributed by atoms with Crippen molar-refractivity contribution in [2.45, 2.75) is 31.5 Å². The Kier molecular flexibility index (Phi) is 5.70. The molecule has 1 heterocycles. The molecule has 1 N–H and O–H groups in total. The van der Waals surface area contributed by atoms with Gasteiger partial charge in [-0.15, -0.1) is 0 Å². The van der Waals surface area contributed by atoms with Gasteiger partial charge in [-0.1, -0.05) is 0 Å². The van der Waals surface area contributed by atoms with Crippen LogP contribution in [-0.2, 0) is 14.3 Å². The molecule has 0 aromatic rings. The van der Waals surface area contributed by atoms with Crippen LogP contribution in [0.3, 0.4) is 0 Å². The van der Waals surface area contributed by atoms with Crippen LogP contribution in [0.5, 0.6) is 0 Å². The Labute approximate surface area is 97.5 Å². The van der Waals surface area contributed by atoms with Crippen LogP contribution >= 0.6 is 0 Å². The fourth-order valence-electron chi connectivity index (χ4n) is 1.47. The van der Waals surface area contributed by atoms with E-state index in [0.29, 0.717) is 19.6 Å². The number of hydrogen-bond acceptors (Lipinski definition) is 3. The Hall–Kier alpha value is -0.820. The van der Waals surface area contributed by atoms with Crippen molar-refractivity contribution in [3.8, 4) is 0 Å². The van der Waals surface area contributed by atoms with E-state index in [1.54, 1.807) is 5.32 Å². The lowest BCUT2D eigenvalue weighted by Gasteiger charge is -2.10. The lowest BCUT2D eigenvalue weighted by atomic mass is 10.2. The summed E-state index contributed by atoms with van der Waals surface area (Å²) in [5.41, 5.74) is 0. The van der Waals surface area contributed by atoms with Gasteiger partial charge in [0.2, 0.25) is 0 Å². The van der Waals surface area contributed by atoms with Crippen LogP contribution in [0, 0.1) is 0 Å². The molecule has 4 nitrogen and oxygen atoms in total. The Balaban J connectivity index is 1.92.